The Kier molecular flexibility index (Phi) is 4.31. The molecule has 0 radical (unpaired) electrons. The van der Waals surface area contributed by atoms with Crippen molar-refractivity contribution in [1.29, 1.82) is 0 Å². The second-order valence-electron chi connectivity index (χ2n) is 4.98. The van der Waals surface area contributed by atoms with Crippen LogP contribution in [0, 0.1) is 5.82 Å². The van der Waals surface area contributed by atoms with Gasteiger partial charge in [-0.05, 0) is 30.3 Å². The lowest BCUT2D eigenvalue weighted by molar-refractivity contribution is 0.0692. The van der Waals surface area contributed by atoms with E-state index in [1.165, 1.54) is 12.1 Å². The van der Waals surface area contributed by atoms with Gasteiger partial charge in [-0.25, -0.2) is 22.4 Å². The summed E-state index contributed by atoms with van der Waals surface area (Å²) in [7, 11) is -3.70. The van der Waals surface area contributed by atoms with E-state index < -0.39 is 38.7 Å². The number of anilines is 1. The Morgan fingerprint density at radius 2 is 1.92 bits per heavy atom. The van der Waals surface area contributed by atoms with Crippen molar-refractivity contribution in [3.05, 3.63) is 58.2 Å². The highest BCUT2D eigenvalue weighted by Gasteiger charge is 2.17. The molecule has 0 saturated carbocycles. The molecule has 3 aromatic rings. The summed E-state index contributed by atoms with van der Waals surface area (Å²) in [4.78, 5) is 22.4. The molecule has 10 heteroatoms. The first-order valence-electron chi connectivity index (χ1n) is 6.79. The van der Waals surface area contributed by atoms with Gasteiger partial charge in [-0.1, -0.05) is 0 Å². The quantitative estimate of drug-likeness (QED) is 0.651. The summed E-state index contributed by atoms with van der Waals surface area (Å²) in [5.41, 5.74) is -1.33. The van der Waals surface area contributed by atoms with E-state index in [0.717, 1.165) is 35.6 Å². The van der Waals surface area contributed by atoms with Crippen LogP contribution in [0.15, 0.2) is 50.5 Å². The van der Waals surface area contributed by atoms with Crippen molar-refractivity contribution in [3.8, 4) is 0 Å². The van der Waals surface area contributed by atoms with E-state index in [4.69, 9.17) is 9.52 Å². The molecule has 0 fully saturated rings. The van der Waals surface area contributed by atoms with Crippen molar-refractivity contribution in [2.45, 2.75) is 4.90 Å². The summed E-state index contributed by atoms with van der Waals surface area (Å²) < 4.78 is 42.6. The zero-order valence-electron chi connectivity index (χ0n) is 12.4. The first-order chi connectivity index (χ1) is 11.8. The van der Waals surface area contributed by atoms with E-state index >= 15 is 0 Å². The van der Waals surface area contributed by atoms with Crippen LogP contribution in [0.1, 0.15) is 10.4 Å². The fourth-order valence-electron chi connectivity index (χ4n) is 2.04. The number of carboxylic acid groups (broad SMARTS) is 1. The number of carboxylic acids is 1. The standard InChI is InChI=1S/C15H10FNO6S2/c16-8-1-3-9(4-2-8)25(21,22)7-17-13-6-11-12(24-13)5-10(14(18)19)15(20)23-11/h1-6,17H,7H2,(H,18,19). The highest BCUT2D eigenvalue weighted by Crippen LogP contribution is 2.29. The molecular weight excluding hydrogens is 373 g/mol. The van der Waals surface area contributed by atoms with E-state index in [9.17, 15) is 22.4 Å². The molecular formula is C15H10FNO6S2. The Balaban J connectivity index is 1.84. The summed E-state index contributed by atoms with van der Waals surface area (Å²) in [5, 5.41) is 12.0. The lowest BCUT2D eigenvalue weighted by Crippen LogP contribution is -2.14. The van der Waals surface area contributed by atoms with E-state index in [0.29, 0.717) is 9.70 Å². The number of halogens is 1. The number of nitrogens with one attached hydrogen (secondary N) is 1. The van der Waals surface area contributed by atoms with Gasteiger partial charge in [0.2, 0.25) is 0 Å². The van der Waals surface area contributed by atoms with Crippen LogP contribution in [-0.2, 0) is 9.84 Å². The summed E-state index contributed by atoms with van der Waals surface area (Å²) in [6, 6.07) is 7.01. The Morgan fingerprint density at radius 1 is 1.24 bits per heavy atom. The summed E-state index contributed by atoms with van der Waals surface area (Å²) in [6.45, 7) is 0. The number of sulfone groups is 1. The number of fused-ring (bicyclic) bond motifs is 1. The average Bonchev–Trinajstić information content (AvgIpc) is 2.94. The molecule has 2 aromatic heterocycles. The van der Waals surface area contributed by atoms with Gasteiger partial charge in [0, 0.05) is 6.07 Å². The highest BCUT2D eigenvalue weighted by atomic mass is 32.2. The molecule has 0 bridgehead atoms. The number of hydrogen-bond donors (Lipinski definition) is 2. The number of rotatable bonds is 5. The van der Waals surface area contributed by atoms with Crippen molar-refractivity contribution < 1.29 is 27.1 Å². The number of benzene rings is 1. The van der Waals surface area contributed by atoms with Gasteiger partial charge in [-0.2, -0.15) is 0 Å². The normalized spacial score (nSPS) is 11.6. The molecule has 0 aliphatic heterocycles. The first-order valence-corrected chi connectivity index (χ1v) is 9.26. The van der Waals surface area contributed by atoms with Gasteiger partial charge in [0.05, 0.1) is 14.6 Å². The molecule has 0 atom stereocenters. The minimum atomic E-state index is -3.70. The molecule has 0 unspecified atom stereocenters. The predicted molar refractivity (Wildman–Crippen MR) is 89.4 cm³/mol. The summed E-state index contributed by atoms with van der Waals surface area (Å²) in [6.07, 6.45) is 0. The maximum absolute atomic E-state index is 12.9. The van der Waals surface area contributed by atoms with Crippen LogP contribution in [0.2, 0.25) is 0 Å². The molecule has 25 heavy (non-hydrogen) atoms. The van der Waals surface area contributed by atoms with Crippen LogP contribution in [-0.4, -0.2) is 25.4 Å². The summed E-state index contributed by atoms with van der Waals surface area (Å²) in [5.74, 6) is -2.40. The molecule has 1 aromatic carbocycles. The third kappa shape index (κ3) is 3.54. The van der Waals surface area contributed by atoms with Gasteiger partial charge in [-0.3, -0.25) is 0 Å². The third-order valence-corrected chi connectivity index (χ3v) is 5.80. The topological polar surface area (TPSA) is 114 Å². The fraction of sp³-hybridized carbons (Fsp3) is 0.0667. The molecule has 0 saturated heterocycles. The largest absolute Gasteiger partial charge is 0.477 e. The van der Waals surface area contributed by atoms with Gasteiger partial charge in [0.1, 0.15) is 17.3 Å². The Bertz CT molecular complexity index is 1120. The lowest BCUT2D eigenvalue weighted by Gasteiger charge is -2.05. The van der Waals surface area contributed by atoms with Crippen LogP contribution in [0.4, 0.5) is 9.39 Å². The Labute approximate surface area is 144 Å². The minimum absolute atomic E-state index is 0.0396. The second kappa shape index (κ2) is 6.30. The Morgan fingerprint density at radius 3 is 2.56 bits per heavy atom. The Hall–Kier alpha value is -2.72. The fourth-order valence-corrected chi connectivity index (χ4v) is 4.12. The molecule has 0 aliphatic rings. The monoisotopic (exact) mass is 383 g/mol. The molecule has 2 heterocycles. The lowest BCUT2D eigenvalue weighted by atomic mass is 10.3. The molecule has 7 nitrogen and oxygen atoms in total. The maximum atomic E-state index is 12.9. The van der Waals surface area contributed by atoms with Crippen molar-refractivity contribution in [2.75, 3.05) is 11.2 Å². The average molecular weight is 383 g/mol. The number of aromatic carboxylic acids is 1. The van der Waals surface area contributed by atoms with Crippen LogP contribution in [0.3, 0.4) is 0 Å². The molecule has 2 N–H and O–H groups in total. The highest BCUT2D eigenvalue weighted by molar-refractivity contribution is 7.91. The second-order valence-corrected chi connectivity index (χ2v) is 8.05. The number of thiophene rings is 1. The van der Waals surface area contributed by atoms with E-state index in [1.54, 1.807) is 0 Å². The van der Waals surface area contributed by atoms with E-state index in [-0.39, 0.29) is 10.5 Å². The van der Waals surface area contributed by atoms with Gasteiger partial charge in [0.15, 0.2) is 15.4 Å². The smallest absolute Gasteiger partial charge is 0.351 e. The van der Waals surface area contributed by atoms with Gasteiger partial charge in [0.25, 0.3) is 0 Å². The molecule has 0 spiro atoms. The minimum Gasteiger partial charge on any atom is -0.477 e. The van der Waals surface area contributed by atoms with Gasteiger partial charge in [-0.15, -0.1) is 11.3 Å². The molecule has 0 amide bonds. The van der Waals surface area contributed by atoms with Crippen molar-refractivity contribution in [2.24, 2.45) is 0 Å². The van der Waals surface area contributed by atoms with Gasteiger partial charge >= 0.3 is 11.6 Å². The van der Waals surface area contributed by atoms with Crippen molar-refractivity contribution in [1.82, 2.24) is 0 Å². The molecule has 0 aliphatic carbocycles. The predicted octanol–water partition coefficient (Wildman–Crippen LogP) is 2.54. The zero-order valence-corrected chi connectivity index (χ0v) is 14.0. The molecule has 3 rings (SSSR count). The number of carbonyl (C=O) groups is 1. The van der Waals surface area contributed by atoms with Crippen molar-refractivity contribution in [3.63, 3.8) is 0 Å². The van der Waals surface area contributed by atoms with Crippen LogP contribution < -0.4 is 10.9 Å². The number of hydrogen-bond acceptors (Lipinski definition) is 7. The third-order valence-electron chi connectivity index (χ3n) is 3.26. The molecule has 130 valence electrons. The SMILES string of the molecule is O=C(O)c1cc2sc(NCS(=O)(=O)c3ccc(F)cc3)cc2oc1=O. The van der Waals surface area contributed by atoms with Crippen LogP contribution >= 0.6 is 11.3 Å². The van der Waals surface area contributed by atoms with Crippen LogP contribution in [0.25, 0.3) is 10.3 Å². The first kappa shape index (κ1) is 17.1. The van der Waals surface area contributed by atoms with Crippen LogP contribution in [0.5, 0.6) is 0 Å². The summed E-state index contributed by atoms with van der Waals surface area (Å²) >= 11 is 1.04. The van der Waals surface area contributed by atoms with Gasteiger partial charge < -0.3 is 14.8 Å². The van der Waals surface area contributed by atoms with E-state index in [2.05, 4.69) is 5.32 Å². The van der Waals surface area contributed by atoms with E-state index in [1.807, 2.05) is 0 Å². The zero-order chi connectivity index (χ0) is 18.2. The maximum Gasteiger partial charge on any atom is 0.351 e. The van der Waals surface area contributed by atoms with Crippen molar-refractivity contribution >= 4 is 42.4 Å².